The molecule has 0 saturated heterocycles. The van der Waals surface area contributed by atoms with Gasteiger partial charge in [0.05, 0.1) is 11.8 Å². The Bertz CT molecular complexity index is 495. The normalized spacial score (nSPS) is 12.6. The van der Waals surface area contributed by atoms with Crippen LogP contribution in [0.1, 0.15) is 41.5 Å². The quantitative estimate of drug-likeness (QED) is 0.315. The van der Waals surface area contributed by atoms with Crippen molar-refractivity contribution in [1.29, 1.82) is 0 Å². The van der Waals surface area contributed by atoms with E-state index in [1.807, 2.05) is 0 Å². The monoisotopic (exact) mass is 374 g/mol. The molecule has 0 unspecified atom stereocenters. The Morgan fingerprint density at radius 3 is 0.962 bits per heavy atom. The Hall–Kier alpha value is -2.52. The standard InChI is InChI=1S/2C8H13NO4/c2*1-5(4-9(12)13)8(6(2)10)7(3)11/h2*5,8H,4H2,1-3H3/t2*5-/m10/s1. The topological polar surface area (TPSA) is 155 Å². The third-order valence-corrected chi connectivity index (χ3v) is 3.76. The summed E-state index contributed by atoms with van der Waals surface area (Å²) in [6.45, 7) is 7.51. The second-order valence-electron chi connectivity index (χ2n) is 6.38. The average molecular weight is 374 g/mol. The van der Waals surface area contributed by atoms with Gasteiger partial charge in [0.25, 0.3) is 0 Å². The van der Waals surface area contributed by atoms with E-state index in [-0.39, 0.29) is 36.2 Å². The van der Waals surface area contributed by atoms with E-state index in [9.17, 15) is 39.4 Å². The number of Topliss-reactive ketones (excluding diaryl/α,β-unsaturated/α-hetero) is 4. The van der Waals surface area contributed by atoms with Gasteiger partial charge in [-0.1, -0.05) is 13.8 Å². The molecular formula is C16H26N2O8. The SMILES string of the molecule is CC(=O)C(C(C)=O)[C@@H](C)C[N+](=O)[O-].CC(=O)C(C(C)=O)[C@H](C)C[N+](=O)[O-]. The van der Waals surface area contributed by atoms with E-state index >= 15 is 0 Å². The molecule has 0 bridgehead atoms. The Labute approximate surface area is 151 Å². The predicted octanol–water partition coefficient (Wildman–Crippen LogP) is 1.39. The first kappa shape index (κ1) is 25.7. The smallest absolute Gasteiger partial charge is 0.207 e. The van der Waals surface area contributed by atoms with E-state index < -0.39 is 33.5 Å². The summed E-state index contributed by atoms with van der Waals surface area (Å²) in [6.07, 6.45) is 0. The van der Waals surface area contributed by atoms with Crippen molar-refractivity contribution in [2.75, 3.05) is 13.1 Å². The molecule has 0 amide bonds. The minimum Gasteiger partial charge on any atom is -0.299 e. The van der Waals surface area contributed by atoms with Crippen LogP contribution in [0, 0.1) is 43.9 Å². The van der Waals surface area contributed by atoms with Crippen molar-refractivity contribution in [2.24, 2.45) is 23.7 Å². The van der Waals surface area contributed by atoms with E-state index in [2.05, 4.69) is 0 Å². The highest BCUT2D eigenvalue weighted by atomic mass is 16.6. The molecule has 0 aliphatic heterocycles. The third kappa shape index (κ3) is 10.4. The lowest BCUT2D eigenvalue weighted by Crippen LogP contribution is -2.30. The van der Waals surface area contributed by atoms with Crippen LogP contribution in [0.5, 0.6) is 0 Å². The molecule has 0 N–H and O–H groups in total. The summed E-state index contributed by atoms with van der Waals surface area (Å²) >= 11 is 0. The molecule has 26 heavy (non-hydrogen) atoms. The molecule has 0 heterocycles. The summed E-state index contributed by atoms with van der Waals surface area (Å²) < 4.78 is 0. The van der Waals surface area contributed by atoms with Crippen LogP contribution in [0.25, 0.3) is 0 Å². The highest BCUT2D eigenvalue weighted by Gasteiger charge is 2.30. The average Bonchev–Trinajstić information content (AvgIpc) is 2.34. The van der Waals surface area contributed by atoms with Crippen LogP contribution >= 0.6 is 0 Å². The van der Waals surface area contributed by atoms with Crippen LogP contribution in [0.15, 0.2) is 0 Å². The van der Waals surface area contributed by atoms with Gasteiger partial charge in [-0.15, -0.1) is 0 Å². The van der Waals surface area contributed by atoms with Crippen molar-refractivity contribution in [1.82, 2.24) is 0 Å². The minimum absolute atomic E-state index is 0.304. The summed E-state index contributed by atoms with van der Waals surface area (Å²) in [7, 11) is 0. The van der Waals surface area contributed by atoms with Crippen molar-refractivity contribution < 1.29 is 29.0 Å². The van der Waals surface area contributed by atoms with Crippen LogP contribution in [-0.4, -0.2) is 46.1 Å². The number of hydrogen-bond donors (Lipinski definition) is 0. The Morgan fingerprint density at radius 2 is 0.846 bits per heavy atom. The zero-order valence-electron chi connectivity index (χ0n) is 15.9. The number of hydrogen-bond acceptors (Lipinski definition) is 8. The summed E-state index contributed by atoms with van der Waals surface area (Å²) in [5.41, 5.74) is 0. The fourth-order valence-electron chi connectivity index (χ4n) is 2.86. The zero-order chi connectivity index (χ0) is 21.2. The van der Waals surface area contributed by atoms with Gasteiger partial charge in [-0.05, 0) is 27.7 Å². The molecule has 0 aromatic heterocycles. The summed E-state index contributed by atoms with van der Waals surface area (Å²) in [5, 5.41) is 20.3. The van der Waals surface area contributed by atoms with Crippen LogP contribution in [0.2, 0.25) is 0 Å². The molecule has 2 atom stereocenters. The second-order valence-corrected chi connectivity index (χ2v) is 6.38. The minimum atomic E-state index is -0.828. The lowest BCUT2D eigenvalue weighted by atomic mass is 9.87. The van der Waals surface area contributed by atoms with E-state index in [0.717, 1.165) is 0 Å². The van der Waals surface area contributed by atoms with E-state index in [4.69, 9.17) is 0 Å². The van der Waals surface area contributed by atoms with Gasteiger partial charge >= 0.3 is 0 Å². The number of carbonyl (C=O) groups is 4. The molecule has 0 spiro atoms. The van der Waals surface area contributed by atoms with Gasteiger partial charge in [0.15, 0.2) is 0 Å². The second kappa shape index (κ2) is 11.9. The first-order valence-corrected chi connectivity index (χ1v) is 7.97. The van der Waals surface area contributed by atoms with Gasteiger partial charge in [-0.2, -0.15) is 0 Å². The van der Waals surface area contributed by atoms with Gasteiger partial charge < -0.3 is 0 Å². The highest BCUT2D eigenvalue weighted by Crippen LogP contribution is 2.15. The van der Waals surface area contributed by atoms with Gasteiger partial charge in [-0.3, -0.25) is 39.4 Å². The third-order valence-electron chi connectivity index (χ3n) is 3.76. The number of ketones is 4. The molecule has 0 fully saturated rings. The largest absolute Gasteiger partial charge is 0.299 e. The predicted molar refractivity (Wildman–Crippen MR) is 91.8 cm³/mol. The Morgan fingerprint density at radius 1 is 0.654 bits per heavy atom. The molecule has 0 aliphatic carbocycles. The van der Waals surface area contributed by atoms with Crippen LogP contribution in [0.4, 0.5) is 0 Å². The van der Waals surface area contributed by atoms with Gasteiger partial charge in [0.2, 0.25) is 13.1 Å². The molecule has 148 valence electrons. The fraction of sp³-hybridized carbons (Fsp3) is 0.750. The zero-order valence-corrected chi connectivity index (χ0v) is 15.9. The van der Waals surface area contributed by atoms with Crippen molar-refractivity contribution in [3.8, 4) is 0 Å². The van der Waals surface area contributed by atoms with Crippen LogP contribution in [-0.2, 0) is 19.2 Å². The molecule has 10 heteroatoms. The number of nitrogens with zero attached hydrogens (tertiary/aromatic N) is 2. The summed E-state index contributed by atoms with van der Waals surface area (Å²) in [4.78, 5) is 63.1. The van der Waals surface area contributed by atoms with Gasteiger partial charge in [-0.25, -0.2) is 0 Å². The molecular weight excluding hydrogens is 348 g/mol. The van der Waals surface area contributed by atoms with Crippen LogP contribution in [0.3, 0.4) is 0 Å². The number of rotatable bonds is 10. The molecule has 10 nitrogen and oxygen atoms in total. The van der Waals surface area contributed by atoms with Crippen LogP contribution < -0.4 is 0 Å². The number of nitro groups is 2. The van der Waals surface area contributed by atoms with E-state index in [1.54, 1.807) is 0 Å². The molecule has 0 radical (unpaired) electrons. The molecule has 0 rings (SSSR count). The molecule has 0 aliphatic rings. The lowest BCUT2D eigenvalue weighted by molar-refractivity contribution is -0.488. The van der Waals surface area contributed by atoms with E-state index in [1.165, 1.54) is 41.5 Å². The molecule has 0 saturated carbocycles. The first-order valence-electron chi connectivity index (χ1n) is 7.97. The van der Waals surface area contributed by atoms with Gasteiger partial charge in [0.1, 0.15) is 23.1 Å². The number of carbonyl (C=O) groups excluding carboxylic acids is 4. The maximum absolute atomic E-state index is 11.0. The highest BCUT2D eigenvalue weighted by molar-refractivity contribution is 6.01. The maximum Gasteiger partial charge on any atom is 0.207 e. The lowest BCUT2D eigenvalue weighted by Gasteiger charge is -2.14. The summed E-state index contributed by atoms with van der Waals surface area (Å²) in [5.74, 6) is -3.92. The fourth-order valence-corrected chi connectivity index (χ4v) is 2.86. The van der Waals surface area contributed by atoms with Crippen molar-refractivity contribution >= 4 is 23.1 Å². The molecule has 0 aromatic carbocycles. The molecule has 0 aromatic rings. The summed E-state index contributed by atoms with van der Waals surface area (Å²) in [6, 6.07) is 0. The maximum atomic E-state index is 11.0. The van der Waals surface area contributed by atoms with Crippen molar-refractivity contribution in [3.05, 3.63) is 20.2 Å². The van der Waals surface area contributed by atoms with Crippen molar-refractivity contribution in [2.45, 2.75) is 41.5 Å². The Kier molecular flexibility index (Phi) is 11.8. The van der Waals surface area contributed by atoms with Gasteiger partial charge in [0, 0.05) is 21.7 Å². The van der Waals surface area contributed by atoms with E-state index in [0.29, 0.717) is 0 Å². The first-order chi connectivity index (χ1) is 11.7. The Balaban J connectivity index is 0. The van der Waals surface area contributed by atoms with Crippen molar-refractivity contribution in [3.63, 3.8) is 0 Å².